The summed E-state index contributed by atoms with van der Waals surface area (Å²) >= 11 is 0. The molecular formula is C32H39FN2O7S. The molecule has 2 amide bonds. The van der Waals surface area contributed by atoms with E-state index in [2.05, 4.69) is 0 Å². The van der Waals surface area contributed by atoms with Gasteiger partial charge in [0.25, 0.3) is 5.91 Å². The smallest absolute Gasteiger partial charge is 0.410 e. The SMILES string of the molecule is CC(C)(C)OC(=O)N(CCc1ccc(-c2ccc(C(=O)NS(C)(=O)=O)c(OCCCF)c2)cc1)C[C@H](O)c1ccccc1. The first kappa shape index (κ1) is 33.5. The van der Waals surface area contributed by atoms with Crippen LogP contribution in [0.3, 0.4) is 0 Å². The van der Waals surface area contributed by atoms with Crippen LogP contribution < -0.4 is 9.46 Å². The second-order valence-electron chi connectivity index (χ2n) is 11.1. The number of rotatable bonds is 13. The molecule has 0 spiro atoms. The minimum absolute atomic E-state index is 0.0181. The molecule has 0 aliphatic heterocycles. The predicted molar refractivity (Wildman–Crippen MR) is 163 cm³/mol. The van der Waals surface area contributed by atoms with E-state index >= 15 is 0 Å². The molecule has 0 saturated carbocycles. The summed E-state index contributed by atoms with van der Waals surface area (Å²) in [5, 5.41) is 10.8. The van der Waals surface area contributed by atoms with Gasteiger partial charge in [-0.15, -0.1) is 0 Å². The number of aliphatic hydroxyl groups excluding tert-OH is 1. The first-order valence-corrected chi connectivity index (χ1v) is 15.8. The number of hydrogen-bond donors (Lipinski definition) is 2. The molecule has 43 heavy (non-hydrogen) atoms. The Balaban J connectivity index is 1.76. The largest absolute Gasteiger partial charge is 0.493 e. The third kappa shape index (κ3) is 11.0. The molecule has 3 aromatic carbocycles. The van der Waals surface area contributed by atoms with E-state index in [0.717, 1.165) is 17.4 Å². The normalized spacial score (nSPS) is 12.3. The molecular weight excluding hydrogens is 575 g/mol. The number of hydrogen-bond acceptors (Lipinski definition) is 7. The highest BCUT2D eigenvalue weighted by atomic mass is 32.2. The van der Waals surface area contributed by atoms with Crippen molar-refractivity contribution < 1.29 is 37.0 Å². The van der Waals surface area contributed by atoms with Crippen molar-refractivity contribution in [1.29, 1.82) is 0 Å². The Hall–Kier alpha value is -3.96. The van der Waals surface area contributed by atoms with Crippen molar-refractivity contribution in [3.05, 3.63) is 89.5 Å². The van der Waals surface area contributed by atoms with Crippen LogP contribution in [0.4, 0.5) is 9.18 Å². The van der Waals surface area contributed by atoms with Crippen LogP contribution in [0, 0.1) is 0 Å². The minimum atomic E-state index is -3.79. The number of carbonyl (C=O) groups is 2. The van der Waals surface area contributed by atoms with Crippen LogP contribution in [-0.4, -0.2) is 68.7 Å². The van der Waals surface area contributed by atoms with Gasteiger partial charge in [-0.05, 0) is 61.6 Å². The molecule has 3 aromatic rings. The van der Waals surface area contributed by atoms with Gasteiger partial charge >= 0.3 is 6.09 Å². The number of benzene rings is 3. The summed E-state index contributed by atoms with van der Waals surface area (Å²) in [6.07, 6.45) is 0.111. The Morgan fingerprint density at radius 1 is 1.00 bits per heavy atom. The zero-order chi connectivity index (χ0) is 31.6. The second-order valence-corrected chi connectivity index (χ2v) is 12.9. The highest BCUT2D eigenvalue weighted by molar-refractivity contribution is 7.89. The number of carbonyl (C=O) groups excluding carboxylic acids is 2. The van der Waals surface area contributed by atoms with Crippen molar-refractivity contribution >= 4 is 22.0 Å². The van der Waals surface area contributed by atoms with Crippen molar-refractivity contribution in [3.63, 3.8) is 0 Å². The van der Waals surface area contributed by atoms with Crippen LogP contribution in [0.2, 0.25) is 0 Å². The molecule has 1 atom stereocenters. The molecule has 232 valence electrons. The molecule has 9 nitrogen and oxygen atoms in total. The van der Waals surface area contributed by atoms with Crippen LogP contribution in [0.25, 0.3) is 11.1 Å². The maximum atomic E-state index is 13.0. The monoisotopic (exact) mass is 614 g/mol. The minimum Gasteiger partial charge on any atom is -0.493 e. The van der Waals surface area contributed by atoms with Gasteiger partial charge in [-0.1, -0.05) is 60.7 Å². The average Bonchev–Trinajstić information content (AvgIpc) is 2.94. The van der Waals surface area contributed by atoms with Gasteiger partial charge in [0.05, 0.1) is 37.7 Å². The van der Waals surface area contributed by atoms with Gasteiger partial charge < -0.3 is 19.5 Å². The maximum Gasteiger partial charge on any atom is 0.410 e. The van der Waals surface area contributed by atoms with Gasteiger partial charge in [-0.3, -0.25) is 9.18 Å². The van der Waals surface area contributed by atoms with Gasteiger partial charge in [0, 0.05) is 13.0 Å². The Morgan fingerprint density at radius 3 is 2.26 bits per heavy atom. The molecule has 0 heterocycles. The van der Waals surface area contributed by atoms with Crippen LogP contribution in [0.15, 0.2) is 72.8 Å². The molecule has 0 fully saturated rings. The molecule has 2 N–H and O–H groups in total. The van der Waals surface area contributed by atoms with Crippen LogP contribution >= 0.6 is 0 Å². The van der Waals surface area contributed by atoms with Gasteiger partial charge in [-0.25, -0.2) is 17.9 Å². The van der Waals surface area contributed by atoms with Gasteiger partial charge in [0.2, 0.25) is 10.0 Å². The van der Waals surface area contributed by atoms with E-state index in [0.29, 0.717) is 24.1 Å². The predicted octanol–water partition coefficient (Wildman–Crippen LogP) is 5.29. The summed E-state index contributed by atoms with van der Waals surface area (Å²) in [6, 6.07) is 21.4. The van der Waals surface area contributed by atoms with E-state index < -0.39 is 40.4 Å². The molecule has 3 rings (SSSR count). The van der Waals surface area contributed by atoms with Crippen molar-refractivity contribution in [2.75, 3.05) is 32.6 Å². The van der Waals surface area contributed by atoms with Crippen LogP contribution in [-0.2, 0) is 21.2 Å². The highest BCUT2D eigenvalue weighted by Gasteiger charge is 2.24. The lowest BCUT2D eigenvalue weighted by Gasteiger charge is -2.29. The number of halogens is 1. The Bertz CT molecular complexity index is 1470. The molecule has 0 saturated heterocycles. The zero-order valence-electron chi connectivity index (χ0n) is 24.9. The summed E-state index contributed by atoms with van der Waals surface area (Å²) in [5.74, 6) is -0.701. The van der Waals surface area contributed by atoms with Gasteiger partial charge in [-0.2, -0.15) is 0 Å². The third-order valence-electron chi connectivity index (χ3n) is 6.23. The van der Waals surface area contributed by atoms with E-state index in [-0.39, 0.29) is 30.9 Å². The van der Waals surface area contributed by atoms with Gasteiger partial charge in [0.1, 0.15) is 11.4 Å². The van der Waals surface area contributed by atoms with E-state index in [1.165, 1.54) is 11.0 Å². The number of sulfonamides is 1. The molecule has 0 radical (unpaired) electrons. The number of ether oxygens (including phenoxy) is 2. The molecule has 0 aromatic heterocycles. The summed E-state index contributed by atoms with van der Waals surface area (Å²) < 4.78 is 48.9. The third-order valence-corrected chi connectivity index (χ3v) is 6.78. The van der Waals surface area contributed by atoms with Crippen LogP contribution in [0.5, 0.6) is 5.75 Å². The number of nitrogens with one attached hydrogen (secondary N) is 1. The molecule has 0 unspecified atom stereocenters. The average molecular weight is 615 g/mol. The van der Waals surface area contributed by atoms with Gasteiger partial charge in [0.15, 0.2) is 0 Å². The molecule has 0 aliphatic rings. The van der Waals surface area contributed by atoms with E-state index in [1.54, 1.807) is 45.0 Å². The first-order chi connectivity index (χ1) is 20.3. The van der Waals surface area contributed by atoms with Crippen molar-refractivity contribution in [1.82, 2.24) is 9.62 Å². The standard InChI is InChI=1S/C32H39FN2O7S/c1-32(2,3)42-31(38)35(22-28(36)25-9-6-5-7-10-25)19-17-23-11-13-24(14-12-23)26-15-16-27(30(37)34-43(4,39)40)29(21-26)41-20-8-18-33/h5-7,9-16,21,28,36H,8,17-20,22H2,1-4H3,(H,34,37)/t28-/m0/s1. The zero-order valence-corrected chi connectivity index (χ0v) is 25.7. The van der Waals surface area contributed by atoms with Crippen molar-refractivity contribution in [3.8, 4) is 16.9 Å². The number of aliphatic hydroxyl groups is 1. The lowest BCUT2D eigenvalue weighted by atomic mass is 10.0. The fourth-order valence-electron chi connectivity index (χ4n) is 4.17. The quantitative estimate of drug-likeness (QED) is 0.251. The lowest BCUT2D eigenvalue weighted by Crippen LogP contribution is -2.40. The Kier molecular flexibility index (Phi) is 11.7. The van der Waals surface area contributed by atoms with Crippen molar-refractivity contribution in [2.24, 2.45) is 0 Å². The van der Waals surface area contributed by atoms with E-state index in [9.17, 15) is 27.5 Å². The molecule has 0 bridgehead atoms. The highest BCUT2D eigenvalue weighted by Crippen LogP contribution is 2.28. The second kappa shape index (κ2) is 15.0. The summed E-state index contributed by atoms with van der Waals surface area (Å²) in [5.41, 5.74) is 2.48. The molecule has 11 heteroatoms. The summed E-state index contributed by atoms with van der Waals surface area (Å²) in [6.45, 7) is 5.18. The van der Waals surface area contributed by atoms with Crippen LogP contribution in [0.1, 0.15) is 54.8 Å². The van der Waals surface area contributed by atoms with Crippen molar-refractivity contribution in [2.45, 2.75) is 45.3 Å². The lowest BCUT2D eigenvalue weighted by molar-refractivity contribution is 0.0147. The molecule has 0 aliphatic carbocycles. The fraction of sp³-hybridized carbons (Fsp3) is 0.375. The topological polar surface area (TPSA) is 122 Å². The maximum absolute atomic E-state index is 13.0. The van der Waals surface area contributed by atoms with E-state index in [1.807, 2.05) is 47.2 Å². The van der Waals surface area contributed by atoms with E-state index in [4.69, 9.17) is 9.47 Å². The number of amides is 2. The summed E-state index contributed by atoms with van der Waals surface area (Å²) in [4.78, 5) is 27.0. The number of alkyl halides is 1. The fourth-order valence-corrected chi connectivity index (χ4v) is 4.62. The Morgan fingerprint density at radius 2 is 1.65 bits per heavy atom. The summed E-state index contributed by atoms with van der Waals surface area (Å²) in [7, 11) is -3.79. The first-order valence-electron chi connectivity index (χ1n) is 13.9. The number of nitrogens with zero attached hydrogens (tertiary/aromatic N) is 1. The Labute approximate surface area is 252 Å².